The number of methoxy groups -OCH3 is 1. The maximum atomic E-state index is 11.8. The summed E-state index contributed by atoms with van der Waals surface area (Å²) in [4.78, 5) is 11.8. The molecular formula is C20H26N2O4. The van der Waals surface area contributed by atoms with Gasteiger partial charge in [-0.2, -0.15) is 0 Å². The molecule has 0 fully saturated rings. The van der Waals surface area contributed by atoms with Crippen LogP contribution in [-0.2, 0) is 0 Å². The molecule has 26 heavy (non-hydrogen) atoms. The SMILES string of the molecule is COc1ccc(OCCNC(=O)NCOc2c(C)ccc(C)c2C)cc1. The number of carbonyl (C=O) groups is 1. The van der Waals surface area contributed by atoms with Gasteiger partial charge in [0.25, 0.3) is 0 Å². The van der Waals surface area contributed by atoms with Gasteiger partial charge in [0.05, 0.1) is 13.7 Å². The molecule has 0 unspecified atom stereocenters. The highest BCUT2D eigenvalue weighted by Crippen LogP contribution is 2.25. The van der Waals surface area contributed by atoms with E-state index >= 15 is 0 Å². The Morgan fingerprint density at radius 1 is 0.885 bits per heavy atom. The average Bonchev–Trinajstić information content (AvgIpc) is 2.65. The lowest BCUT2D eigenvalue weighted by Gasteiger charge is -2.15. The molecule has 0 saturated carbocycles. The summed E-state index contributed by atoms with van der Waals surface area (Å²) in [7, 11) is 1.61. The van der Waals surface area contributed by atoms with Gasteiger partial charge in [-0.3, -0.25) is 0 Å². The predicted octanol–water partition coefficient (Wildman–Crippen LogP) is 3.33. The molecule has 0 spiro atoms. The Morgan fingerprint density at radius 2 is 1.54 bits per heavy atom. The fourth-order valence-corrected chi connectivity index (χ4v) is 2.39. The lowest BCUT2D eigenvalue weighted by molar-refractivity contribution is 0.220. The van der Waals surface area contributed by atoms with Gasteiger partial charge in [-0.25, -0.2) is 4.79 Å². The molecular weight excluding hydrogens is 332 g/mol. The molecule has 0 aliphatic carbocycles. The molecule has 2 aromatic rings. The molecule has 0 aliphatic heterocycles. The van der Waals surface area contributed by atoms with Crippen molar-refractivity contribution in [3.8, 4) is 17.2 Å². The van der Waals surface area contributed by atoms with Gasteiger partial charge < -0.3 is 24.8 Å². The largest absolute Gasteiger partial charge is 0.497 e. The Hall–Kier alpha value is -2.89. The number of benzene rings is 2. The second-order valence-electron chi connectivity index (χ2n) is 5.90. The van der Waals surface area contributed by atoms with E-state index in [9.17, 15) is 4.79 Å². The van der Waals surface area contributed by atoms with Gasteiger partial charge in [-0.1, -0.05) is 12.1 Å². The van der Waals surface area contributed by atoms with Crippen LogP contribution in [0.15, 0.2) is 36.4 Å². The van der Waals surface area contributed by atoms with E-state index in [-0.39, 0.29) is 12.8 Å². The summed E-state index contributed by atoms with van der Waals surface area (Å²) >= 11 is 0. The van der Waals surface area contributed by atoms with Crippen molar-refractivity contribution in [3.63, 3.8) is 0 Å². The topological polar surface area (TPSA) is 68.8 Å². The molecule has 140 valence electrons. The highest BCUT2D eigenvalue weighted by atomic mass is 16.5. The zero-order chi connectivity index (χ0) is 18.9. The van der Waals surface area contributed by atoms with E-state index in [1.165, 1.54) is 0 Å². The molecule has 0 aliphatic rings. The smallest absolute Gasteiger partial charge is 0.317 e. The van der Waals surface area contributed by atoms with E-state index in [1.54, 1.807) is 7.11 Å². The molecule has 2 N–H and O–H groups in total. The summed E-state index contributed by atoms with van der Waals surface area (Å²) in [6.45, 7) is 6.89. The Morgan fingerprint density at radius 3 is 2.23 bits per heavy atom. The van der Waals surface area contributed by atoms with Crippen LogP contribution in [0.2, 0.25) is 0 Å². The molecule has 0 heterocycles. The quantitative estimate of drug-likeness (QED) is 0.561. The Bertz CT molecular complexity index is 729. The summed E-state index contributed by atoms with van der Waals surface area (Å²) in [5, 5.41) is 5.40. The highest BCUT2D eigenvalue weighted by molar-refractivity contribution is 5.73. The van der Waals surface area contributed by atoms with Gasteiger partial charge in [-0.15, -0.1) is 0 Å². The van der Waals surface area contributed by atoms with Gasteiger partial charge in [0.15, 0.2) is 6.73 Å². The summed E-state index contributed by atoms with van der Waals surface area (Å²) in [5.41, 5.74) is 3.29. The van der Waals surface area contributed by atoms with E-state index in [2.05, 4.69) is 16.7 Å². The second-order valence-corrected chi connectivity index (χ2v) is 5.90. The molecule has 0 bridgehead atoms. The molecule has 6 nitrogen and oxygen atoms in total. The van der Waals surface area contributed by atoms with Crippen molar-refractivity contribution in [1.82, 2.24) is 10.6 Å². The van der Waals surface area contributed by atoms with E-state index in [0.29, 0.717) is 13.2 Å². The number of nitrogens with one attached hydrogen (secondary N) is 2. The fourth-order valence-electron chi connectivity index (χ4n) is 2.39. The molecule has 0 saturated heterocycles. The van der Waals surface area contributed by atoms with Crippen molar-refractivity contribution in [2.45, 2.75) is 20.8 Å². The van der Waals surface area contributed by atoms with Gasteiger partial charge >= 0.3 is 6.03 Å². The van der Waals surface area contributed by atoms with Gasteiger partial charge in [0, 0.05) is 0 Å². The van der Waals surface area contributed by atoms with Crippen molar-refractivity contribution in [2.24, 2.45) is 0 Å². The monoisotopic (exact) mass is 358 g/mol. The van der Waals surface area contributed by atoms with Crippen LogP contribution in [0.25, 0.3) is 0 Å². The van der Waals surface area contributed by atoms with E-state index in [0.717, 1.165) is 33.9 Å². The van der Waals surface area contributed by atoms with Gasteiger partial charge in [0.1, 0.15) is 23.9 Å². The third kappa shape index (κ3) is 5.58. The minimum atomic E-state index is -0.300. The zero-order valence-corrected chi connectivity index (χ0v) is 15.7. The number of amides is 2. The van der Waals surface area contributed by atoms with E-state index in [1.807, 2.05) is 51.1 Å². The second kappa shape index (κ2) is 9.56. The summed E-state index contributed by atoms with van der Waals surface area (Å²) in [6, 6.07) is 11.0. The van der Waals surface area contributed by atoms with Crippen LogP contribution in [0.1, 0.15) is 16.7 Å². The van der Waals surface area contributed by atoms with E-state index < -0.39 is 0 Å². The average molecular weight is 358 g/mol. The van der Waals surface area contributed by atoms with Crippen molar-refractivity contribution < 1.29 is 19.0 Å². The molecule has 0 radical (unpaired) electrons. The standard InChI is InChI=1S/C20H26N2O4/c1-14-5-6-15(2)19(16(14)3)26-13-22-20(23)21-11-12-25-18-9-7-17(24-4)8-10-18/h5-10H,11-13H2,1-4H3,(H2,21,22,23). The van der Waals surface area contributed by atoms with E-state index in [4.69, 9.17) is 14.2 Å². The van der Waals surface area contributed by atoms with Crippen LogP contribution in [0, 0.1) is 20.8 Å². The third-order valence-corrected chi connectivity index (χ3v) is 4.04. The maximum absolute atomic E-state index is 11.8. The molecule has 6 heteroatoms. The summed E-state index contributed by atoms with van der Waals surface area (Å²) in [5.74, 6) is 2.31. The van der Waals surface area contributed by atoms with Crippen molar-refractivity contribution in [2.75, 3.05) is 27.0 Å². The third-order valence-electron chi connectivity index (χ3n) is 4.04. The van der Waals surface area contributed by atoms with Crippen LogP contribution in [0.4, 0.5) is 4.79 Å². The minimum Gasteiger partial charge on any atom is -0.497 e. The summed E-state index contributed by atoms with van der Waals surface area (Å²) < 4.78 is 16.3. The number of hydrogen-bond donors (Lipinski definition) is 2. The van der Waals surface area contributed by atoms with Crippen LogP contribution in [0.3, 0.4) is 0 Å². The number of urea groups is 1. The molecule has 0 aromatic heterocycles. The summed E-state index contributed by atoms with van der Waals surface area (Å²) in [6.07, 6.45) is 0. The molecule has 2 rings (SSSR count). The van der Waals surface area contributed by atoms with Crippen LogP contribution in [-0.4, -0.2) is 33.0 Å². The van der Waals surface area contributed by atoms with Crippen LogP contribution in [0.5, 0.6) is 17.2 Å². The first-order valence-electron chi connectivity index (χ1n) is 8.49. The Kier molecular flexibility index (Phi) is 7.14. The predicted molar refractivity (Wildman–Crippen MR) is 101 cm³/mol. The van der Waals surface area contributed by atoms with Crippen LogP contribution >= 0.6 is 0 Å². The van der Waals surface area contributed by atoms with Crippen molar-refractivity contribution in [3.05, 3.63) is 53.1 Å². The van der Waals surface area contributed by atoms with Crippen molar-refractivity contribution >= 4 is 6.03 Å². The van der Waals surface area contributed by atoms with Gasteiger partial charge in [-0.05, 0) is 61.7 Å². The first-order valence-corrected chi connectivity index (χ1v) is 8.49. The minimum absolute atomic E-state index is 0.107. The Labute approximate surface area is 154 Å². The van der Waals surface area contributed by atoms with Crippen LogP contribution < -0.4 is 24.8 Å². The normalized spacial score (nSPS) is 10.2. The lowest BCUT2D eigenvalue weighted by atomic mass is 10.1. The number of hydrogen-bond acceptors (Lipinski definition) is 4. The fraction of sp³-hybridized carbons (Fsp3) is 0.350. The molecule has 2 amide bonds. The number of ether oxygens (including phenoxy) is 3. The maximum Gasteiger partial charge on any atom is 0.317 e. The molecule has 2 aromatic carbocycles. The number of aryl methyl sites for hydroxylation is 2. The first-order chi connectivity index (χ1) is 12.5. The Balaban J connectivity index is 1.65. The highest BCUT2D eigenvalue weighted by Gasteiger charge is 2.07. The number of rotatable bonds is 8. The van der Waals surface area contributed by atoms with Gasteiger partial charge in [0.2, 0.25) is 0 Å². The first kappa shape index (κ1) is 19.4. The lowest BCUT2D eigenvalue weighted by Crippen LogP contribution is -2.39. The zero-order valence-electron chi connectivity index (χ0n) is 15.7. The number of carbonyl (C=O) groups excluding carboxylic acids is 1. The molecule has 0 atom stereocenters. The van der Waals surface area contributed by atoms with Crippen molar-refractivity contribution in [1.29, 1.82) is 0 Å².